The minimum absolute atomic E-state index is 0.163. The van der Waals surface area contributed by atoms with Crippen molar-refractivity contribution in [3.63, 3.8) is 0 Å². The highest BCUT2D eigenvalue weighted by molar-refractivity contribution is 6.08. The molecule has 0 spiro atoms. The summed E-state index contributed by atoms with van der Waals surface area (Å²) in [5, 5.41) is 2.98. The van der Waals surface area contributed by atoms with Crippen LogP contribution in [0.25, 0.3) is 10.9 Å². The van der Waals surface area contributed by atoms with Gasteiger partial charge in [0.15, 0.2) is 0 Å². The van der Waals surface area contributed by atoms with E-state index in [1.165, 1.54) is 6.07 Å². The normalized spacial score (nSPS) is 10.9. The zero-order valence-electron chi connectivity index (χ0n) is 10.2. The van der Waals surface area contributed by atoms with E-state index in [9.17, 15) is 13.6 Å². The highest BCUT2D eigenvalue weighted by atomic mass is 19.1. The van der Waals surface area contributed by atoms with Gasteiger partial charge in [-0.15, -0.1) is 0 Å². The Kier molecular flexibility index (Phi) is 3.32. The summed E-state index contributed by atoms with van der Waals surface area (Å²) in [5.41, 5.74) is 0.996. The van der Waals surface area contributed by atoms with E-state index in [1.807, 2.05) is 6.92 Å². The number of carbonyl (C=O) groups excluding carboxylic acids is 1. The molecule has 1 aromatic heterocycles. The second-order valence-electron chi connectivity index (χ2n) is 4.19. The fourth-order valence-electron chi connectivity index (χ4n) is 1.97. The van der Waals surface area contributed by atoms with Crippen LogP contribution in [0.5, 0.6) is 0 Å². The Morgan fingerprint density at radius 3 is 2.78 bits per heavy atom. The third kappa shape index (κ3) is 2.08. The van der Waals surface area contributed by atoms with Crippen LogP contribution in [0.1, 0.15) is 29.4 Å². The van der Waals surface area contributed by atoms with Crippen molar-refractivity contribution in [2.24, 2.45) is 0 Å². The van der Waals surface area contributed by atoms with E-state index in [1.54, 1.807) is 6.92 Å². The molecule has 0 aliphatic rings. The number of hydrogen-bond acceptors (Lipinski definition) is 1. The molecule has 1 aromatic carbocycles. The zero-order chi connectivity index (χ0) is 13.3. The number of amides is 1. The van der Waals surface area contributed by atoms with Gasteiger partial charge in [0.05, 0.1) is 11.1 Å². The number of rotatable bonds is 3. The van der Waals surface area contributed by atoms with Gasteiger partial charge in [0.1, 0.15) is 11.6 Å². The monoisotopic (exact) mass is 252 g/mol. The largest absolute Gasteiger partial charge is 0.356 e. The number of nitrogens with one attached hydrogen (secondary N) is 2. The number of hydrogen-bond donors (Lipinski definition) is 2. The van der Waals surface area contributed by atoms with E-state index >= 15 is 0 Å². The van der Waals surface area contributed by atoms with E-state index in [0.29, 0.717) is 17.8 Å². The Morgan fingerprint density at radius 2 is 2.11 bits per heavy atom. The van der Waals surface area contributed by atoms with Crippen LogP contribution in [-0.2, 0) is 0 Å². The smallest absolute Gasteiger partial charge is 0.253 e. The molecule has 3 nitrogen and oxygen atoms in total. The molecule has 1 heterocycles. The molecule has 2 aromatic rings. The van der Waals surface area contributed by atoms with E-state index in [0.717, 1.165) is 12.5 Å². The fourth-order valence-corrected chi connectivity index (χ4v) is 1.97. The molecule has 2 N–H and O–H groups in total. The van der Waals surface area contributed by atoms with Crippen LogP contribution in [0.4, 0.5) is 8.78 Å². The van der Waals surface area contributed by atoms with Gasteiger partial charge in [0.25, 0.3) is 5.91 Å². The van der Waals surface area contributed by atoms with E-state index in [2.05, 4.69) is 10.3 Å². The Hall–Kier alpha value is -1.91. The molecule has 2 rings (SSSR count). The highest BCUT2D eigenvalue weighted by Crippen LogP contribution is 2.25. The van der Waals surface area contributed by atoms with Gasteiger partial charge in [-0.2, -0.15) is 0 Å². The minimum atomic E-state index is -0.692. The lowest BCUT2D eigenvalue weighted by Crippen LogP contribution is -2.24. The molecule has 5 heteroatoms. The molecule has 96 valence electrons. The van der Waals surface area contributed by atoms with E-state index in [-0.39, 0.29) is 16.8 Å². The van der Waals surface area contributed by atoms with Gasteiger partial charge in [-0.25, -0.2) is 8.78 Å². The SMILES string of the molecule is CCCNC(=O)c1c(C)[nH]c2c(F)cc(F)cc12. The maximum absolute atomic E-state index is 13.6. The van der Waals surface area contributed by atoms with Crippen molar-refractivity contribution in [2.45, 2.75) is 20.3 Å². The number of aromatic nitrogens is 1. The molecule has 0 fully saturated rings. The molecule has 0 aliphatic heterocycles. The van der Waals surface area contributed by atoms with Gasteiger partial charge in [-0.1, -0.05) is 6.92 Å². The van der Waals surface area contributed by atoms with Crippen LogP contribution >= 0.6 is 0 Å². The fraction of sp³-hybridized carbons (Fsp3) is 0.308. The van der Waals surface area contributed by atoms with Crippen molar-refractivity contribution < 1.29 is 13.6 Å². The molecule has 0 aliphatic carbocycles. The number of benzene rings is 1. The van der Waals surface area contributed by atoms with Gasteiger partial charge < -0.3 is 10.3 Å². The number of H-pyrrole nitrogens is 1. The Balaban J connectivity index is 2.56. The van der Waals surface area contributed by atoms with Crippen molar-refractivity contribution in [3.8, 4) is 0 Å². The average molecular weight is 252 g/mol. The zero-order valence-corrected chi connectivity index (χ0v) is 10.2. The summed E-state index contributed by atoms with van der Waals surface area (Å²) in [5.74, 6) is -1.70. The van der Waals surface area contributed by atoms with Crippen LogP contribution in [0.3, 0.4) is 0 Å². The third-order valence-electron chi connectivity index (χ3n) is 2.77. The molecule has 0 atom stereocenters. The minimum Gasteiger partial charge on any atom is -0.356 e. The maximum atomic E-state index is 13.6. The topological polar surface area (TPSA) is 44.9 Å². The number of fused-ring (bicyclic) bond motifs is 1. The first-order valence-corrected chi connectivity index (χ1v) is 5.80. The molecular weight excluding hydrogens is 238 g/mol. The maximum Gasteiger partial charge on any atom is 0.253 e. The average Bonchev–Trinajstić information content (AvgIpc) is 2.63. The Labute approximate surface area is 103 Å². The van der Waals surface area contributed by atoms with Gasteiger partial charge >= 0.3 is 0 Å². The summed E-state index contributed by atoms with van der Waals surface area (Å²) in [6, 6.07) is 1.97. The van der Waals surface area contributed by atoms with Crippen molar-refractivity contribution in [2.75, 3.05) is 6.54 Å². The van der Waals surface area contributed by atoms with Crippen LogP contribution in [0.2, 0.25) is 0 Å². The standard InChI is InChI=1S/C13H14F2N2O/c1-3-4-16-13(18)11-7(2)17-12-9(11)5-8(14)6-10(12)15/h5-6,17H,3-4H2,1-2H3,(H,16,18). The van der Waals surface area contributed by atoms with E-state index < -0.39 is 11.6 Å². The predicted octanol–water partition coefficient (Wildman–Crippen LogP) is 2.89. The quantitative estimate of drug-likeness (QED) is 0.866. The van der Waals surface area contributed by atoms with Gasteiger partial charge in [-0.3, -0.25) is 4.79 Å². The summed E-state index contributed by atoms with van der Waals surface area (Å²) in [7, 11) is 0. The highest BCUT2D eigenvalue weighted by Gasteiger charge is 2.18. The van der Waals surface area contributed by atoms with Crippen molar-refractivity contribution in [1.82, 2.24) is 10.3 Å². The first-order valence-electron chi connectivity index (χ1n) is 5.80. The molecule has 18 heavy (non-hydrogen) atoms. The Bertz CT molecular complexity index is 605. The number of halogens is 2. The van der Waals surface area contributed by atoms with Crippen molar-refractivity contribution in [1.29, 1.82) is 0 Å². The molecule has 0 unspecified atom stereocenters. The van der Waals surface area contributed by atoms with Crippen LogP contribution in [0.15, 0.2) is 12.1 Å². The number of carbonyl (C=O) groups is 1. The molecule has 0 bridgehead atoms. The molecule has 0 saturated carbocycles. The summed E-state index contributed by atoms with van der Waals surface area (Å²) in [4.78, 5) is 14.7. The van der Waals surface area contributed by atoms with Gasteiger partial charge in [-0.05, 0) is 19.4 Å². The number of aromatic amines is 1. The summed E-state index contributed by atoms with van der Waals surface area (Å²) < 4.78 is 26.8. The molecule has 1 amide bonds. The van der Waals surface area contributed by atoms with E-state index in [4.69, 9.17) is 0 Å². The Morgan fingerprint density at radius 1 is 1.39 bits per heavy atom. The first kappa shape index (κ1) is 12.5. The number of aryl methyl sites for hydroxylation is 1. The summed E-state index contributed by atoms with van der Waals surface area (Å²) in [6.07, 6.45) is 0.801. The lowest BCUT2D eigenvalue weighted by atomic mass is 10.1. The van der Waals surface area contributed by atoms with Crippen LogP contribution < -0.4 is 5.32 Å². The summed E-state index contributed by atoms with van der Waals surface area (Å²) >= 11 is 0. The first-order chi connectivity index (χ1) is 8.54. The van der Waals surface area contributed by atoms with Gasteiger partial charge in [0.2, 0.25) is 0 Å². The lowest BCUT2D eigenvalue weighted by molar-refractivity contribution is 0.0955. The predicted molar refractivity (Wildman–Crippen MR) is 65.6 cm³/mol. The molecule has 0 radical (unpaired) electrons. The molecular formula is C13H14F2N2O. The van der Waals surface area contributed by atoms with Crippen LogP contribution in [-0.4, -0.2) is 17.4 Å². The second-order valence-corrected chi connectivity index (χ2v) is 4.19. The van der Waals surface area contributed by atoms with Crippen molar-refractivity contribution >= 4 is 16.8 Å². The third-order valence-corrected chi connectivity index (χ3v) is 2.77. The lowest BCUT2D eigenvalue weighted by Gasteiger charge is -2.03. The summed E-state index contributed by atoms with van der Waals surface area (Å²) in [6.45, 7) is 4.13. The second kappa shape index (κ2) is 4.76. The van der Waals surface area contributed by atoms with Crippen LogP contribution in [0, 0.1) is 18.6 Å². The van der Waals surface area contributed by atoms with Crippen molar-refractivity contribution in [3.05, 3.63) is 35.0 Å². The molecule has 0 saturated heterocycles. The van der Waals surface area contributed by atoms with Gasteiger partial charge in [0, 0.05) is 23.7 Å².